The van der Waals surface area contributed by atoms with E-state index in [0.717, 1.165) is 0 Å². The van der Waals surface area contributed by atoms with Gasteiger partial charge in [-0.25, -0.2) is 10.5 Å². The van der Waals surface area contributed by atoms with E-state index >= 15 is 0 Å². The molecule has 0 aliphatic rings. The fraction of sp³-hybridized carbons (Fsp3) is 0.429. The quantitative estimate of drug-likeness (QED) is 0.765. The van der Waals surface area contributed by atoms with Crippen molar-refractivity contribution in [2.45, 2.75) is 6.18 Å². The summed E-state index contributed by atoms with van der Waals surface area (Å²) < 4.78 is 36.3. The zero-order chi connectivity index (χ0) is 11.5. The van der Waals surface area contributed by atoms with Crippen LogP contribution in [-0.2, 0) is 11.9 Å². The predicted octanol–water partition coefficient (Wildman–Crippen LogP) is 0.644. The van der Waals surface area contributed by atoms with Crippen LogP contribution < -0.4 is 5.48 Å². The second-order valence-corrected chi connectivity index (χ2v) is 2.72. The Balaban J connectivity index is 2.41. The van der Waals surface area contributed by atoms with Gasteiger partial charge in [-0.3, -0.25) is 9.63 Å². The number of nitrogens with one attached hydrogen (secondary N) is 1. The zero-order valence-corrected chi connectivity index (χ0v) is 7.71. The molecule has 0 spiro atoms. The van der Waals surface area contributed by atoms with Crippen molar-refractivity contribution in [2.75, 3.05) is 6.61 Å². The Kier molecular flexibility index (Phi) is 3.30. The molecular weight excluding hydrogens is 215 g/mol. The highest BCUT2D eigenvalue weighted by molar-refractivity contribution is 5.91. The first kappa shape index (κ1) is 11.5. The van der Waals surface area contributed by atoms with E-state index in [0.29, 0.717) is 0 Å². The molecule has 5 nitrogen and oxygen atoms in total. The highest BCUT2D eigenvalue weighted by Gasteiger charge is 2.28. The number of nitrogens with zero attached hydrogens (tertiary/aromatic N) is 2. The molecule has 0 atom stereocenters. The summed E-state index contributed by atoms with van der Waals surface area (Å²) in [6.45, 7) is -1.53. The molecule has 0 saturated carbocycles. The zero-order valence-electron chi connectivity index (χ0n) is 7.71. The summed E-state index contributed by atoms with van der Waals surface area (Å²) >= 11 is 0. The van der Waals surface area contributed by atoms with E-state index in [4.69, 9.17) is 0 Å². The number of carbonyl (C=O) groups is 1. The van der Waals surface area contributed by atoms with Crippen molar-refractivity contribution in [3.05, 3.63) is 18.2 Å². The maximum Gasteiger partial charge on any atom is 0.414 e. The monoisotopic (exact) mass is 223 g/mol. The average Bonchev–Trinajstić information content (AvgIpc) is 2.48. The smallest absolute Gasteiger partial charge is 0.330 e. The van der Waals surface area contributed by atoms with Gasteiger partial charge < -0.3 is 4.57 Å². The molecule has 0 unspecified atom stereocenters. The summed E-state index contributed by atoms with van der Waals surface area (Å²) in [7, 11) is 1.53. The van der Waals surface area contributed by atoms with Crippen molar-refractivity contribution in [3.63, 3.8) is 0 Å². The fourth-order valence-electron chi connectivity index (χ4n) is 0.812. The fourth-order valence-corrected chi connectivity index (χ4v) is 0.812. The Hall–Kier alpha value is -1.57. The number of halogens is 3. The van der Waals surface area contributed by atoms with Gasteiger partial charge in [0, 0.05) is 7.05 Å². The van der Waals surface area contributed by atoms with Crippen LogP contribution in [-0.4, -0.2) is 28.2 Å². The van der Waals surface area contributed by atoms with Gasteiger partial charge in [0.25, 0.3) is 5.91 Å². The number of hydrogen-bond acceptors (Lipinski definition) is 3. The number of amides is 1. The first-order chi connectivity index (χ1) is 6.90. The van der Waals surface area contributed by atoms with Crippen LogP contribution in [0.3, 0.4) is 0 Å². The van der Waals surface area contributed by atoms with Crippen molar-refractivity contribution in [1.82, 2.24) is 15.0 Å². The molecule has 0 aliphatic heterocycles. The second kappa shape index (κ2) is 4.30. The SMILES string of the molecule is Cn1cncc1C(=O)NOCC(F)(F)F. The minimum atomic E-state index is -4.47. The van der Waals surface area contributed by atoms with Crippen LogP contribution in [0.5, 0.6) is 0 Å². The van der Waals surface area contributed by atoms with Crippen LogP contribution in [0, 0.1) is 0 Å². The summed E-state index contributed by atoms with van der Waals surface area (Å²) in [6, 6.07) is 0. The minimum Gasteiger partial charge on any atom is -0.330 e. The molecule has 0 aliphatic carbocycles. The van der Waals surface area contributed by atoms with Crippen molar-refractivity contribution >= 4 is 5.91 Å². The van der Waals surface area contributed by atoms with Gasteiger partial charge in [0.1, 0.15) is 5.69 Å². The van der Waals surface area contributed by atoms with Gasteiger partial charge in [-0.05, 0) is 0 Å². The number of aromatic nitrogens is 2. The van der Waals surface area contributed by atoms with Crippen LogP contribution in [0.15, 0.2) is 12.5 Å². The highest BCUT2D eigenvalue weighted by Crippen LogP contribution is 2.13. The molecule has 1 heterocycles. The maximum absolute atomic E-state index is 11.6. The van der Waals surface area contributed by atoms with Gasteiger partial charge in [0.05, 0.1) is 12.5 Å². The van der Waals surface area contributed by atoms with E-state index < -0.39 is 18.7 Å². The molecule has 1 rings (SSSR count). The third-order valence-electron chi connectivity index (χ3n) is 1.45. The standard InChI is InChI=1S/C7H8F3N3O2/c1-13-4-11-2-5(13)6(14)12-15-3-7(8,9)10/h2,4H,3H2,1H3,(H,12,14). The van der Waals surface area contributed by atoms with Gasteiger partial charge in [0.15, 0.2) is 6.61 Å². The van der Waals surface area contributed by atoms with Crippen molar-refractivity contribution in [3.8, 4) is 0 Å². The Bertz CT molecular complexity index is 347. The normalized spacial score (nSPS) is 11.5. The molecule has 0 bridgehead atoms. The molecule has 0 fully saturated rings. The lowest BCUT2D eigenvalue weighted by atomic mass is 10.4. The third kappa shape index (κ3) is 3.58. The van der Waals surface area contributed by atoms with Crippen molar-refractivity contribution in [1.29, 1.82) is 0 Å². The predicted molar refractivity (Wildman–Crippen MR) is 42.7 cm³/mol. The average molecular weight is 223 g/mol. The molecule has 0 radical (unpaired) electrons. The molecule has 1 N–H and O–H groups in total. The van der Waals surface area contributed by atoms with Gasteiger partial charge in [-0.2, -0.15) is 13.2 Å². The Labute approximate surface area is 82.8 Å². The minimum absolute atomic E-state index is 0.108. The van der Waals surface area contributed by atoms with Gasteiger partial charge in [-0.1, -0.05) is 0 Å². The summed E-state index contributed by atoms with van der Waals surface area (Å²) in [5.74, 6) is -0.778. The van der Waals surface area contributed by atoms with E-state index in [1.54, 1.807) is 5.48 Å². The van der Waals surface area contributed by atoms with Crippen LogP contribution in [0.1, 0.15) is 10.5 Å². The molecule has 0 saturated heterocycles. The highest BCUT2D eigenvalue weighted by atomic mass is 19.4. The van der Waals surface area contributed by atoms with E-state index in [2.05, 4.69) is 9.82 Å². The number of rotatable bonds is 3. The van der Waals surface area contributed by atoms with E-state index in [9.17, 15) is 18.0 Å². The third-order valence-corrected chi connectivity index (χ3v) is 1.45. The number of imidazole rings is 1. The summed E-state index contributed by atoms with van der Waals surface area (Å²) in [6.07, 6.45) is -1.91. The van der Waals surface area contributed by atoms with E-state index in [1.807, 2.05) is 0 Å². The topological polar surface area (TPSA) is 56.2 Å². The summed E-state index contributed by atoms with van der Waals surface area (Å²) in [5.41, 5.74) is 1.77. The van der Waals surface area contributed by atoms with Crippen LogP contribution in [0.4, 0.5) is 13.2 Å². The van der Waals surface area contributed by atoms with E-state index in [1.165, 1.54) is 24.1 Å². The van der Waals surface area contributed by atoms with Gasteiger partial charge in [0.2, 0.25) is 0 Å². The Morgan fingerprint density at radius 1 is 1.67 bits per heavy atom. The second-order valence-electron chi connectivity index (χ2n) is 2.72. The van der Waals surface area contributed by atoms with Crippen LogP contribution in [0.25, 0.3) is 0 Å². The first-order valence-electron chi connectivity index (χ1n) is 3.85. The van der Waals surface area contributed by atoms with E-state index in [-0.39, 0.29) is 5.69 Å². The van der Waals surface area contributed by atoms with Crippen LogP contribution in [0.2, 0.25) is 0 Å². The lowest BCUT2D eigenvalue weighted by Crippen LogP contribution is -2.30. The summed E-state index contributed by atoms with van der Waals surface area (Å²) in [5, 5.41) is 0. The molecule has 15 heavy (non-hydrogen) atoms. The van der Waals surface area contributed by atoms with Crippen molar-refractivity contribution in [2.24, 2.45) is 7.05 Å². The van der Waals surface area contributed by atoms with Gasteiger partial charge >= 0.3 is 6.18 Å². The lowest BCUT2D eigenvalue weighted by molar-refractivity contribution is -0.184. The Morgan fingerprint density at radius 3 is 2.80 bits per heavy atom. The Morgan fingerprint density at radius 2 is 2.33 bits per heavy atom. The molecule has 8 heteroatoms. The number of hydrogen-bond donors (Lipinski definition) is 1. The number of alkyl halides is 3. The maximum atomic E-state index is 11.6. The number of hydroxylamine groups is 1. The summed E-state index contributed by atoms with van der Waals surface area (Å²) in [4.78, 5) is 18.7. The largest absolute Gasteiger partial charge is 0.414 e. The number of carbonyl (C=O) groups excluding carboxylic acids is 1. The molecule has 1 amide bonds. The molecule has 1 aromatic heterocycles. The van der Waals surface area contributed by atoms with Gasteiger partial charge in [-0.15, -0.1) is 0 Å². The molecular formula is C7H8F3N3O2. The lowest BCUT2D eigenvalue weighted by Gasteiger charge is -2.08. The first-order valence-corrected chi connectivity index (χ1v) is 3.85. The van der Waals surface area contributed by atoms with Crippen molar-refractivity contribution < 1.29 is 22.8 Å². The molecule has 0 aromatic carbocycles. The van der Waals surface area contributed by atoms with Crippen LogP contribution >= 0.6 is 0 Å². The number of aryl methyl sites for hydroxylation is 1. The molecule has 1 aromatic rings. The molecule has 84 valence electrons.